The molecule has 0 unspecified atom stereocenters. The van der Waals surface area contributed by atoms with E-state index >= 15 is 0 Å². The van der Waals surface area contributed by atoms with Gasteiger partial charge in [-0.05, 0) is 38.6 Å². The van der Waals surface area contributed by atoms with Crippen molar-refractivity contribution in [2.24, 2.45) is 0 Å². The summed E-state index contributed by atoms with van der Waals surface area (Å²) in [7, 11) is 1.73. The molecular formula is C14H20FN3O2. The molecule has 1 aromatic rings. The zero-order valence-corrected chi connectivity index (χ0v) is 11.9. The summed E-state index contributed by atoms with van der Waals surface area (Å²) in [6.45, 7) is 4.10. The fraction of sp³-hybridized carbons (Fsp3) is 0.429. The molecule has 0 aliphatic rings. The third-order valence-corrected chi connectivity index (χ3v) is 2.43. The van der Waals surface area contributed by atoms with Crippen LogP contribution in [-0.2, 0) is 11.3 Å². The molecule has 0 bridgehead atoms. The standard InChI is InChI=1S/C14H20FN3O2/c1-10(2)16-14(20)17-13(19)9-18(3)8-11-5-4-6-12(15)7-11/h4-7,10H,8-9H2,1-3H3,(H2,16,17,19,20). The van der Waals surface area contributed by atoms with Gasteiger partial charge in [0.2, 0.25) is 5.91 Å². The summed E-state index contributed by atoms with van der Waals surface area (Å²) in [6.07, 6.45) is 0. The number of imide groups is 1. The van der Waals surface area contributed by atoms with Crippen molar-refractivity contribution in [1.82, 2.24) is 15.5 Å². The van der Waals surface area contributed by atoms with Gasteiger partial charge in [-0.2, -0.15) is 0 Å². The van der Waals surface area contributed by atoms with Crippen molar-refractivity contribution in [2.45, 2.75) is 26.4 Å². The maximum absolute atomic E-state index is 13.0. The number of hydrogen-bond acceptors (Lipinski definition) is 3. The van der Waals surface area contributed by atoms with Crippen LogP contribution in [-0.4, -0.2) is 36.5 Å². The minimum Gasteiger partial charge on any atom is -0.336 e. The van der Waals surface area contributed by atoms with Gasteiger partial charge in [-0.25, -0.2) is 9.18 Å². The van der Waals surface area contributed by atoms with E-state index in [1.165, 1.54) is 12.1 Å². The first-order chi connectivity index (χ1) is 9.36. The predicted molar refractivity (Wildman–Crippen MR) is 74.5 cm³/mol. The number of halogens is 1. The third-order valence-electron chi connectivity index (χ3n) is 2.43. The molecule has 0 aliphatic heterocycles. The van der Waals surface area contributed by atoms with Gasteiger partial charge in [0.25, 0.3) is 0 Å². The van der Waals surface area contributed by atoms with Crippen LogP contribution in [0.25, 0.3) is 0 Å². The number of carbonyl (C=O) groups is 2. The van der Waals surface area contributed by atoms with Crippen LogP contribution in [0.3, 0.4) is 0 Å². The van der Waals surface area contributed by atoms with Crippen molar-refractivity contribution >= 4 is 11.9 Å². The van der Waals surface area contributed by atoms with Crippen LogP contribution in [0.5, 0.6) is 0 Å². The first-order valence-electron chi connectivity index (χ1n) is 6.40. The Balaban J connectivity index is 2.40. The first kappa shape index (κ1) is 16.1. The lowest BCUT2D eigenvalue weighted by Crippen LogP contribution is -2.45. The molecule has 1 aromatic carbocycles. The highest BCUT2D eigenvalue weighted by molar-refractivity contribution is 5.95. The minimum absolute atomic E-state index is 0.0344. The minimum atomic E-state index is -0.510. The lowest BCUT2D eigenvalue weighted by atomic mass is 10.2. The van der Waals surface area contributed by atoms with Gasteiger partial charge in [-0.1, -0.05) is 12.1 Å². The number of likely N-dealkylation sites (N-methyl/N-ethyl adjacent to an activating group) is 1. The van der Waals surface area contributed by atoms with Gasteiger partial charge in [0.1, 0.15) is 5.82 Å². The Kier molecular flexibility index (Phi) is 6.11. The molecule has 5 nitrogen and oxygen atoms in total. The van der Waals surface area contributed by atoms with E-state index in [-0.39, 0.29) is 18.4 Å². The largest absolute Gasteiger partial charge is 0.336 e. The molecule has 0 atom stereocenters. The van der Waals surface area contributed by atoms with Gasteiger partial charge in [0.15, 0.2) is 0 Å². The second kappa shape index (κ2) is 7.59. The average molecular weight is 281 g/mol. The smallest absolute Gasteiger partial charge is 0.321 e. The molecule has 0 fully saturated rings. The molecule has 0 saturated carbocycles. The number of hydrogen-bond donors (Lipinski definition) is 2. The second-order valence-corrected chi connectivity index (χ2v) is 4.98. The molecule has 20 heavy (non-hydrogen) atoms. The maximum atomic E-state index is 13.0. The quantitative estimate of drug-likeness (QED) is 0.859. The summed E-state index contributed by atoms with van der Waals surface area (Å²) in [5, 5.41) is 4.80. The maximum Gasteiger partial charge on any atom is 0.321 e. The number of urea groups is 1. The van der Waals surface area contributed by atoms with E-state index in [4.69, 9.17) is 0 Å². The van der Waals surface area contributed by atoms with Crippen LogP contribution >= 0.6 is 0 Å². The van der Waals surface area contributed by atoms with Crippen molar-refractivity contribution in [3.05, 3.63) is 35.6 Å². The Morgan fingerprint density at radius 3 is 2.65 bits per heavy atom. The van der Waals surface area contributed by atoms with Gasteiger partial charge >= 0.3 is 6.03 Å². The van der Waals surface area contributed by atoms with E-state index in [1.54, 1.807) is 37.9 Å². The molecule has 0 saturated heterocycles. The number of rotatable bonds is 5. The number of benzene rings is 1. The topological polar surface area (TPSA) is 61.4 Å². The summed E-state index contributed by atoms with van der Waals surface area (Å²) >= 11 is 0. The highest BCUT2D eigenvalue weighted by atomic mass is 19.1. The van der Waals surface area contributed by atoms with Gasteiger partial charge in [-0.15, -0.1) is 0 Å². The summed E-state index contributed by atoms with van der Waals surface area (Å²) in [5.41, 5.74) is 0.770. The van der Waals surface area contributed by atoms with Crippen molar-refractivity contribution in [1.29, 1.82) is 0 Å². The molecule has 1 rings (SSSR count). The third kappa shape index (κ3) is 6.29. The van der Waals surface area contributed by atoms with Crippen LogP contribution in [0.4, 0.5) is 9.18 Å². The molecule has 6 heteroatoms. The molecule has 110 valence electrons. The highest BCUT2D eigenvalue weighted by Crippen LogP contribution is 2.05. The Hall–Kier alpha value is -1.95. The normalized spacial score (nSPS) is 10.7. The van der Waals surface area contributed by atoms with Gasteiger partial charge in [-0.3, -0.25) is 15.0 Å². The monoisotopic (exact) mass is 281 g/mol. The van der Waals surface area contributed by atoms with E-state index in [2.05, 4.69) is 10.6 Å². The molecule has 0 radical (unpaired) electrons. The van der Waals surface area contributed by atoms with Crippen molar-refractivity contribution in [3.8, 4) is 0 Å². The second-order valence-electron chi connectivity index (χ2n) is 4.98. The molecule has 0 spiro atoms. The zero-order chi connectivity index (χ0) is 15.1. The molecule has 0 heterocycles. The average Bonchev–Trinajstić information content (AvgIpc) is 2.26. The van der Waals surface area contributed by atoms with Crippen LogP contribution in [0.1, 0.15) is 19.4 Å². The van der Waals surface area contributed by atoms with Crippen LogP contribution in [0.15, 0.2) is 24.3 Å². The van der Waals surface area contributed by atoms with Crippen LogP contribution in [0, 0.1) is 5.82 Å². The number of amides is 3. The Morgan fingerprint density at radius 2 is 2.05 bits per heavy atom. The molecule has 0 aliphatic carbocycles. The summed E-state index contributed by atoms with van der Waals surface area (Å²) in [6, 6.07) is 5.64. The first-order valence-corrected chi connectivity index (χ1v) is 6.40. The molecule has 2 N–H and O–H groups in total. The van der Waals surface area contributed by atoms with E-state index < -0.39 is 11.9 Å². The number of nitrogens with zero attached hydrogens (tertiary/aromatic N) is 1. The predicted octanol–water partition coefficient (Wildman–Crippen LogP) is 1.49. The Labute approximate surface area is 118 Å². The lowest BCUT2D eigenvalue weighted by Gasteiger charge is -2.16. The Bertz CT molecular complexity index is 477. The summed E-state index contributed by atoms with van der Waals surface area (Å²) in [5.74, 6) is -0.710. The summed E-state index contributed by atoms with van der Waals surface area (Å²) in [4.78, 5) is 24.7. The lowest BCUT2D eigenvalue weighted by molar-refractivity contribution is -0.120. The fourth-order valence-corrected chi connectivity index (χ4v) is 1.71. The van der Waals surface area contributed by atoms with E-state index in [0.717, 1.165) is 5.56 Å². The summed E-state index contributed by atoms with van der Waals surface area (Å²) < 4.78 is 13.0. The van der Waals surface area contributed by atoms with Gasteiger partial charge < -0.3 is 5.32 Å². The molecule has 3 amide bonds. The SMILES string of the molecule is CC(C)NC(=O)NC(=O)CN(C)Cc1cccc(F)c1. The van der Waals surface area contributed by atoms with E-state index in [9.17, 15) is 14.0 Å². The van der Waals surface area contributed by atoms with Gasteiger partial charge in [0.05, 0.1) is 6.54 Å². The van der Waals surface area contributed by atoms with Crippen molar-refractivity contribution < 1.29 is 14.0 Å². The van der Waals surface area contributed by atoms with Gasteiger partial charge in [0, 0.05) is 12.6 Å². The van der Waals surface area contributed by atoms with Crippen LogP contribution < -0.4 is 10.6 Å². The zero-order valence-electron chi connectivity index (χ0n) is 11.9. The van der Waals surface area contributed by atoms with E-state index in [0.29, 0.717) is 6.54 Å². The number of nitrogens with one attached hydrogen (secondary N) is 2. The fourth-order valence-electron chi connectivity index (χ4n) is 1.71. The molecule has 0 aromatic heterocycles. The Morgan fingerprint density at radius 1 is 1.35 bits per heavy atom. The van der Waals surface area contributed by atoms with E-state index in [1.807, 2.05) is 0 Å². The van der Waals surface area contributed by atoms with Crippen molar-refractivity contribution in [2.75, 3.05) is 13.6 Å². The van der Waals surface area contributed by atoms with Crippen LogP contribution in [0.2, 0.25) is 0 Å². The van der Waals surface area contributed by atoms with Crippen molar-refractivity contribution in [3.63, 3.8) is 0 Å². The number of carbonyl (C=O) groups excluding carboxylic acids is 2. The highest BCUT2D eigenvalue weighted by Gasteiger charge is 2.11. The molecular weight excluding hydrogens is 261 g/mol.